The van der Waals surface area contributed by atoms with Crippen molar-refractivity contribution in [1.82, 2.24) is 5.32 Å². The third kappa shape index (κ3) is 5.13. The van der Waals surface area contributed by atoms with Crippen LogP contribution >= 0.6 is 38.5 Å². The zero-order valence-electron chi connectivity index (χ0n) is 10.6. The number of esters is 1. The molecule has 1 aromatic rings. The van der Waals surface area contributed by atoms with E-state index in [1.165, 1.54) is 7.11 Å². The molecule has 1 rings (SSSR count). The van der Waals surface area contributed by atoms with Crippen LogP contribution in [0.5, 0.6) is 0 Å². The Balaban J connectivity index is 2.85. The number of hydrogen-bond acceptors (Lipinski definition) is 3. The topological polar surface area (TPSA) is 55.4 Å². The Morgan fingerprint density at radius 1 is 1.43 bits per heavy atom. The minimum Gasteiger partial charge on any atom is -0.468 e. The number of carbonyl (C=O) groups excluding carboxylic acids is 2. The molecule has 1 amide bonds. The van der Waals surface area contributed by atoms with Crippen molar-refractivity contribution in [1.29, 1.82) is 0 Å². The van der Waals surface area contributed by atoms with Crippen molar-refractivity contribution in [2.45, 2.75) is 10.1 Å². The smallest absolute Gasteiger partial charge is 0.416 e. The molecule has 0 aliphatic rings. The summed E-state index contributed by atoms with van der Waals surface area (Å²) in [6.45, 7) is -0.0469. The van der Waals surface area contributed by atoms with Crippen molar-refractivity contribution < 1.29 is 27.5 Å². The van der Waals surface area contributed by atoms with Crippen LogP contribution in [0.25, 0.3) is 0 Å². The van der Waals surface area contributed by atoms with E-state index in [9.17, 15) is 22.8 Å². The van der Waals surface area contributed by atoms with Crippen LogP contribution in [0.4, 0.5) is 13.2 Å². The van der Waals surface area contributed by atoms with Crippen molar-refractivity contribution in [2.24, 2.45) is 0 Å². The van der Waals surface area contributed by atoms with Crippen LogP contribution in [0, 0.1) is 0 Å². The summed E-state index contributed by atoms with van der Waals surface area (Å²) >= 11 is 4.79. The number of methoxy groups -OCH3 is 1. The Bertz CT molecular complexity index is 551. The number of rotatable bonds is 4. The van der Waals surface area contributed by atoms with Gasteiger partial charge in [-0.2, -0.15) is 13.2 Å². The SMILES string of the molecule is COC(=O)C(I)CNC(=O)c1cc(C(F)(F)F)ccc1Br. The molecular formula is C12H10BrF3INO3. The van der Waals surface area contributed by atoms with Crippen LogP contribution in [-0.2, 0) is 15.7 Å². The number of hydrogen-bond donors (Lipinski definition) is 1. The minimum atomic E-state index is -4.53. The molecule has 0 heterocycles. The second-order valence-corrected chi connectivity index (χ2v) is 6.25. The molecule has 21 heavy (non-hydrogen) atoms. The van der Waals surface area contributed by atoms with Gasteiger partial charge in [0, 0.05) is 11.0 Å². The molecule has 116 valence electrons. The summed E-state index contributed by atoms with van der Waals surface area (Å²) in [5.74, 6) is -1.24. The predicted molar refractivity (Wildman–Crippen MR) is 81.3 cm³/mol. The van der Waals surface area contributed by atoms with Gasteiger partial charge in [-0.25, -0.2) is 0 Å². The van der Waals surface area contributed by atoms with Crippen molar-refractivity contribution in [2.75, 3.05) is 13.7 Å². The van der Waals surface area contributed by atoms with Gasteiger partial charge >= 0.3 is 12.1 Å². The molecule has 0 fully saturated rings. The van der Waals surface area contributed by atoms with Gasteiger partial charge in [0.2, 0.25) is 0 Å². The van der Waals surface area contributed by atoms with Gasteiger partial charge in [-0.15, -0.1) is 0 Å². The molecule has 4 nitrogen and oxygen atoms in total. The first kappa shape index (κ1) is 18.2. The first-order valence-corrected chi connectivity index (χ1v) is 7.57. The lowest BCUT2D eigenvalue weighted by Gasteiger charge is -2.12. The van der Waals surface area contributed by atoms with E-state index in [-0.39, 0.29) is 16.6 Å². The van der Waals surface area contributed by atoms with Crippen molar-refractivity contribution >= 4 is 50.4 Å². The van der Waals surface area contributed by atoms with Crippen LogP contribution in [0.3, 0.4) is 0 Å². The largest absolute Gasteiger partial charge is 0.468 e. The van der Waals surface area contributed by atoms with Crippen LogP contribution in [0.15, 0.2) is 22.7 Å². The highest BCUT2D eigenvalue weighted by Crippen LogP contribution is 2.31. The second kappa shape index (κ2) is 7.43. The quantitative estimate of drug-likeness (QED) is 0.410. The molecule has 0 aliphatic carbocycles. The molecule has 0 saturated heterocycles. The summed E-state index contributed by atoms with van der Waals surface area (Å²) < 4.78 is 41.9. The van der Waals surface area contributed by atoms with Gasteiger partial charge in [0.1, 0.15) is 3.92 Å². The fourth-order valence-corrected chi connectivity index (χ4v) is 2.27. The monoisotopic (exact) mass is 479 g/mol. The molecule has 0 bridgehead atoms. The molecular weight excluding hydrogens is 470 g/mol. The number of nitrogens with one attached hydrogen (secondary N) is 1. The standard InChI is InChI=1S/C12H10BrF3INO3/c1-21-11(20)9(17)5-18-10(19)7-4-6(12(14,15)16)2-3-8(7)13/h2-4,9H,5H2,1H3,(H,18,19). The summed E-state index contributed by atoms with van der Waals surface area (Å²) in [6.07, 6.45) is -4.53. The first-order chi connectivity index (χ1) is 9.66. The third-order valence-electron chi connectivity index (χ3n) is 2.44. The lowest BCUT2D eigenvalue weighted by molar-refractivity contribution is -0.139. The highest BCUT2D eigenvalue weighted by atomic mass is 127. The molecule has 1 N–H and O–H groups in total. The van der Waals surface area contributed by atoms with E-state index in [0.717, 1.165) is 18.2 Å². The number of alkyl halides is 4. The first-order valence-electron chi connectivity index (χ1n) is 5.53. The Labute approximate surface area is 140 Å². The molecule has 0 radical (unpaired) electrons. The molecule has 0 aromatic heterocycles. The van der Waals surface area contributed by atoms with Gasteiger partial charge in [0.15, 0.2) is 0 Å². The lowest BCUT2D eigenvalue weighted by Crippen LogP contribution is -2.34. The molecule has 0 saturated carbocycles. The van der Waals surface area contributed by atoms with Gasteiger partial charge in [0.05, 0.1) is 18.2 Å². The average Bonchev–Trinajstić information content (AvgIpc) is 2.42. The number of halogens is 5. The number of carbonyl (C=O) groups is 2. The molecule has 1 aromatic carbocycles. The van der Waals surface area contributed by atoms with E-state index < -0.39 is 27.5 Å². The molecule has 0 aliphatic heterocycles. The highest BCUT2D eigenvalue weighted by molar-refractivity contribution is 14.1. The number of ether oxygens (including phenoxy) is 1. The maximum Gasteiger partial charge on any atom is 0.416 e. The van der Waals surface area contributed by atoms with Crippen LogP contribution in [0.2, 0.25) is 0 Å². The maximum absolute atomic E-state index is 12.6. The van der Waals surface area contributed by atoms with Gasteiger partial charge in [-0.3, -0.25) is 9.59 Å². The summed E-state index contributed by atoms with van der Waals surface area (Å²) in [6, 6.07) is 2.77. The normalized spacial score (nSPS) is 12.7. The fourth-order valence-electron chi connectivity index (χ4n) is 1.36. The van der Waals surface area contributed by atoms with Gasteiger partial charge < -0.3 is 10.1 Å². The number of amides is 1. The predicted octanol–water partition coefficient (Wildman–Crippen LogP) is 3.17. The highest BCUT2D eigenvalue weighted by Gasteiger charge is 2.31. The van der Waals surface area contributed by atoms with E-state index in [2.05, 4.69) is 26.0 Å². The van der Waals surface area contributed by atoms with Crippen LogP contribution in [-0.4, -0.2) is 29.5 Å². The van der Waals surface area contributed by atoms with Gasteiger partial charge in [-0.05, 0) is 34.1 Å². The van der Waals surface area contributed by atoms with Crippen molar-refractivity contribution in [3.8, 4) is 0 Å². The average molecular weight is 480 g/mol. The molecule has 9 heteroatoms. The Morgan fingerprint density at radius 3 is 2.57 bits per heavy atom. The molecule has 1 atom stereocenters. The van der Waals surface area contributed by atoms with E-state index in [1.54, 1.807) is 22.6 Å². The lowest BCUT2D eigenvalue weighted by atomic mass is 10.1. The van der Waals surface area contributed by atoms with E-state index in [0.29, 0.717) is 0 Å². The summed E-state index contributed by atoms with van der Waals surface area (Å²) in [7, 11) is 1.21. The zero-order valence-corrected chi connectivity index (χ0v) is 14.4. The minimum absolute atomic E-state index is 0.0469. The Kier molecular flexibility index (Phi) is 6.44. The Hall–Kier alpha value is -0.840. The van der Waals surface area contributed by atoms with E-state index in [4.69, 9.17) is 0 Å². The maximum atomic E-state index is 12.6. The fraction of sp³-hybridized carbons (Fsp3) is 0.333. The summed E-state index contributed by atoms with van der Waals surface area (Å²) in [5, 5.41) is 2.39. The van der Waals surface area contributed by atoms with E-state index >= 15 is 0 Å². The second-order valence-electron chi connectivity index (χ2n) is 3.89. The van der Waals surface area contributed by atoms with Crippen LogP contribution in [0.1, 0.15) is 15.9 Å². The zero-order chi connectivity index (χ0) is 16.2. The molecule has 1 unspecified atom stereocenters. The van der Waals surface area contributed by atoms with Gasteiger partial charge in [0.25, 0.3) is 5.91 Å². The molecule has 0 spiro atoms. The third-order valence-corrected chi connectivity index (χ3v) is 4.08. The van der Waals surface area contributed by atoms with Crippen molar-refractivity contribution in [3.63, 3.8) is 0 Å². The van der Waals surface area contributed by atoms with Gasteiger partial charge in [-0.1, -0.05) is 22.6 Å². The van der Waals surface area contributed by atoms with Crippen LogP contribution < -0.4 is 5.32 Å². The summed E-state index contributed by atoms with van der Waals surface area (Å²) in [4.78, 5) is 23.1. The Morgan fingerprint density at radius 2 is 2.05 bits per heavy atom. The van der Waals surface area contributed by atoms with E-state index in [1.807, 2.05) is 0 Å². The number of benzene rings is 1. The van der Waals surface area contributed by atoms with Crippen molar-refractivity contribution in [3.05, 3.63) is 33.8 Å². The summed E-state index contributed by atoms with van der Waals surface area (Å²) in [5.41, 5.74) is -1.08.